The number of rotatable bonds is 3. The fourth-order valence-electron chi connectivity index (χ4n) is 1.20. The van der Waals surface area contributed by atoms with E-state index < -0.39 is 0 Å². The molecule has 0 spiro atoms. The molecule has 70 valence electrons. The second-order valence-electron chi connectivity index (χ2n) is 3.00. The largest absolute Gasteiger partial charge is 0.489 e. The standard InChI is InChI=1S/C11H13ClO/c1-9-6-10(2)8-11(7-9)13-5-3-4-12/h3-4,6-8H,5H2,1-2H3. The van der Waals surface area contributed by atoms with E-state index in [2.05, 4.69) is 19.9 Å². The minimum atomic E-state index is 0.520. The van der Waals surface area contributed by atoms with Gasteiger partial charge in [-0.05, 0) is 43.2 Å². The average molecular weight is 197 g/mol. The van der Waals surface area contributed by atoms with E-state index in [1.54, 1.807) is 6.08 Å². The van der Waals surface area contributed by atoms with Gasteiger partial charge in [-0.15, -0.1) is 0 Å². The van der Waals surface area contributed by atoms with Crippen molar-refractivity contribution in [1.29, 1.82) is 0 Å². The van der Waals surface area contributed by atoms with E-state index in [9.17, 15) is 0 Å². The molecule has 0 heterocycles. The molecule has 0 N–H and O–H groups in total. The first kappa shape index (κ1) is 10.1. The van der Waals surface area contributed by atoms with Crippen molar-refractivity contribution in [3.05, 3.63) is 40.9 Å². The van der Waals surface area contributed by atoms with Gasteiger partial charge in [0.05, 0.1) is 0 Å². The Morgan fingerprint density at radius 2 is 1.85 bits per heavy atom. The van der Waals surface area contributed by atoms with E-state index >= 15 is 0 Å². The van der Waals surface area contributed by atoms with Crippen molar-refractivity contribution in [2.24, 2.45) is 0 Å². The van der Waals surface area contributed by atoms with Gasteiger partial charge < -0.3 is 4.74 Å². The summed E-state index contributed by atoms with van der Waals surface area (Å²) in [4.78, 5) is 0. The number of aryl methyl sites for hydroxylation is 2. The van der Waals surface area contributed by atoms with E-state index in [0.29, 0.717) is 6.61 Å². The highest BCUT2D eigenvalue weighted by Gasteiger charge is 1.94. The molecule has 0 bridgehead atoms. The van der Waals surface area contributed by atoms with Crippen LogP contribution in [0.2, 0.25) is 0 Å². The molecular formula is C11H13ClO. The van der Waals surface area contributed by atoms with E-state index in [1.165, 1.54) is 16.7 Å². The van der Waals surface area contributed by atoms with Crippen LogP contribution in [0.3, 0.4) is 0 Å². The van der Waals surface area contributed by atoms with Crippen LogP contribution in [-0.2, 0) is 0 Å². The maximum Gasteiger partial charge on any atom is 0.120 e. The minimum absolute atomic E-state index is 0.520. The van der Waals surface area contributed by atoms with Crippen LogP contribution < -0.4 is 4.74 Å². The SMILES string of the molecule is Cc1cc(C)cc(OCC=CCl)c1. The van der Waals surface area contributed by atoms with Crippen LogP contribution in [0.1, 0.15) is 11.1 Å². The van der Waals surface area contributed by atoms with Crippen LogP contribution in [0.4, 0.5) is 0 Å². The first-order valence-corrected chi connectivity index (χ1v) is 4.62. The summed E-state index contributed by atoms with van der Waals surface area (Å²) in [5.74, 6) is 0.896. The quantitative estimate of drug-likeness (QED) is 0.720. The molecule has 1 aromatic rings. The zero-order valence-corrected chi connectivity index (χ0v) is 8.64. The van der Waals surface area contributed by atoms with Gasteiger partial charge in [-0.2, -0.15) is 0 Å². The Balaban J connectivity index is 2.66. The van der Waals surface area contributed by atoms with Crippen LogP contribution in [0.5, 0.6) is 5.75 Å². The normalized spacial score (nSPS) is 10.7. The lowest BCUT2D eigenvalue weighted by atomic mass is 10.1. The predicted molar refractivity (Wildman–Crippen MR) is 56.4 cm³/mol. The molecule has 1 rings (SSSR count). The molecule has 0 saturated carbocycles. The molecule has 0 aliphatic heterocycles. The number of halogens is 1. The summed E-state index contributed by atoms with van der Waals surface area (Å²) in [6.07, 6.45) is 1.76. The Bertz CT molecular complexity index is 285. The van der Waals surface area contributed by atoms with Gasteiger partial charge in [0.1, 0.15) is 12.4 Å². The smallest absolute Gasteiger partial charge is 0.120 e. The molecule has 0 aliphatic carbocycles. The molecule has 0 aliphatic rings. The topological polar surface area (TPSA) is 9.23 Å². The van der Waals surface area contributed by atoms with Gasteiger partial charge in [-0.3, -0.25) is 0 Å². The average Bonchev–Trinajstić information content (AvgIpc) is 2.03. The summed E-state index contributed by atoms with van der Waals surface area (Å²) >= 11 is 5.37. The van der Waals surface area contributed by atoms with Gasteiger partial charge in [0, 0.05) is 5.54 Å². The third-order valence-corrected chi connectivity index (χ3v) is 1.81. The maximum absolute atomic E-state index is 5.44. The Kier molecular flexibility index (Phi) is 3.84. The molecular weight excluding hydrogens is 184 g/mol. The highest BCUT2D eigenvalue weighted by Crippen LogP contribution is 2.15. The number of benzene rings is 1. The van der Waals surface area contributed by atoms with Gasteiger partial charge in [-0.1, -0.05) is 17.7 Å². The summed E-state index contributed by atoms with van der Waals surface area (Å²) in [6.45, 7) is 4.63. The summed E-state index contributed by atoms with van der Waals surface area (Å²) < 4.78 is 5.44. The third-order valence-electron chi connectivity index (χ3n) is 1.63. The minimum Gasteiger partial charge on any atom is -0.489 e. The van der Waals surface area contributed by atoms with Crippen molar-refractivity contribution in [3.63, 3.8) is 0 Å². The van der Waals surface area contributed by atoms with E-state index in [0.717, 1.165) is 5.75 Å². The Morgan fingerprint density at radius 3 is 2.38 bits per heavy atom. The second kappa shape index (κ2) is 4.93. The molecule has 0 unspecified atom stereocenters. The van der Waals surface area contributed by atoms with Crippen molar-refractivity contribution in [3.8, 4) is 5.75 Å². The zero-order valence-electron chi connectivity index (χ0n) is 7.88. The Morgan fingerprint density at radius 1 is 1.23 bits per heavy atom. The molecule has 13 heavy (non-hydrogen) atoms. The van der Waals surface area contributed by atoms with Gasteiger partial charge in [-0.25, -0.2) is 0 Å². The maximum atomic E-state index is 5.44. The van der Waals surface area contributed by atoms with Gasteiger partial charge >= 0.3 is 0 Å². The number of ether oxygens (including phenoxy) is 1. The predicted octanol–water partition coefficient (Wildman–Crippen LogP) is 3.43. The molecule has 1 aromatic carbocycles. The molecule has 1 nitrogen and oxygen atoms in total. The molecule has 0 radical (unpaired) electrons. The summed E-state index contributed by atoms with van der Waals surface area (Å²) in [6, 6.07) is 6.13. The van der Waals surface area contributed by atoms with Crippen LogP contribution in [0, 0.1) is 13.8 Å². The van der Waals surface area contributed by atoms with Gasteiger partial charge in [0.15, 0.2) is 0 Å². The van der Waals surface area contributed by atoms with Crippen molar-refractivity contribution >= 4 is 11.6 Å². The third kappa shape index (κ3) is 3.51. The molecule has 0 aromatic heterocycles. The van der Waals surface area contributed by atoms with Gasteiger partial charge in [0.2, 0.25) is 0 Å². The van der Waals surface area contributed by atoms with Crippen LogP contribution in [-0.4, -0.2) is 6.61 Å². The zero-order chi connectivity index (χ0) is 9.68. The fourth-order valence-corrected chi connectivity index (χ4v) is 1.27. The monoisotopic (exact) mass is 196 g/mol. The van der Waals surface area contributed by atoms with E-state index in [1.807, 2.05) is 12.1 Å². The summed E-state index contributed by atoms with van der Waals surface area (Å²) in [7, 11) is 0. The lowest BCUT2D eigenvalue weighted by molar-refractivity contribution is 0.362. The molecule has 0 fully saturated rings. The van der Waals surface area contributed by atoms with Crippen LogP contribution in [0.15, 0.2) is 29.8 Å². The first-order valence-electron chi connectivity index (χ1n) is 4.18. The van der Waals surface area contributed by atoms with Crippen molar-refractivity contribution in [2.45, 2.75) is 13.8 Å². The first-order chi connectivity index (χ1) is 6.22. The van der Waals surface area contributed by atoms with Crippen molar-refractivity contribution in [2.75, 3.05) is 6.61 Å². The number of hydrogen-bond acceptors (Lipinski definition) is 1. The van der Waals surface area contributed by atoms with Crippen molar-refractivity contribution < 1.29 is 4.74 Å². The lowest BCUT2D eigenvalue weighted by Gasteiger charge is -2.05. The van der Waals surface area contributed by atoms with Gasteiger partial charge in [0.25, 0.3) is 0 Å². The van der Waals surface area contributed by atoms with Crippen molar-refractivity contribution in [1.82, 2.24) is 0 Å². The highest BCUT2D eigenvalue weighted by molar-refractivity contribution is 6.25. The van der Waals surface area contributed by atoms with Crippen LogP contribution in [0.25, 0.3) is 0 Å². The fraction of sp³-hybridized carbons (Fsp3) is 0.273. The number of hydrogen-bond donors (Lipinski definition) is 0. The highest BCUT2D eigenvalue weighted by atomic mass is 35.5. The molecule has 2 heteroatoms. The summed E-state index contributed by atoms with van der Waals surface area (Å²) in [5.41, 5.74) is 3.89. The van der Waals surface area contributed by atoms with E-state index in [-0.39, 0.29) is 0 Å². The second-order valence-corrected chi connectivity index (χ2v) is 3.25. The Hall–Kier alpha value is -0.950. The van der Waals surface area contributed by atoms with Crippen LogP contribution >= 0.6 is 11.6 Å². The van der Waals surface area contributed by atoms with E-state index in [4.69, 9.17) is 16.3 Å². The molecule has 0 amide bonds. The molecule has 0 atom stereocenters. The molecule has 0 saturated heterocycles. The Labute approximate surface area is 84.0 Å². The summed E-state index contributed by atoms with van der Waals surface area (Å²) in [5, 5.41) is 0. The lowest BCUT2D eigenvalue weighted by Crippen LogP contribution is -1.93.